The number of nitrogens with zero attached hydrogens (tertiary/aromatic N) is 1. The van der Waals surface area contributed by atoms with E-state index in [1.165, 1.54) is 10.6 Å². The zero-order chi connectivity index (χ0) is 10.6. The molecule has 0 aromatic carbocycles. The standard InChI is InChI=1S/C10H14N2O2/c1-3-9(13)11-6-8-4-5-10(14)12(2)7-8/h4-5,7H,3,6H2,1-2H3,(H,11,13). The first kappa shape index (κ1) is 10.5. The Morgan fingerprint density at radius 2 is 2.21 bits per heavy atom. The van der Waals surface area contributed by atoms with E-state index in [1.807, 2.05) is 0 Å². The second kappa shape index (κ2) is 4.60. The minimum absolute atomic E-state index is 0.0128. The summed E-state index contributed by atoms with van der Waals surface area (Å²) in [6.45, 7) is 2.27. The average Bonchev–Trinajstić information content (AvgIpc) is 2.19. The van der Waals surface area contributed by atoms with Crippen LogP contribution in [0.15, 0.2) is 23.1 Å². The monoisotopic (exact) mass is 194 g/mol. The highest BCUT2D eigenvalue weighted by molar-refractivity contribution is 5.75. The topological polar surface area (TPSA) is 51.1 Å². The van der Waals surface area contributed by atoms with Gasteiger partial charge in [0, 0.05) is 32.3 Å². The summed E-state index contributed by atoms with van der Waals surface area (Å²) < 4.78 is 1.49. The first-order valence-corrected chi connectivity index (χ1v) is 4.55. The van der Waals surface area contributed by atoms with Gasteiger partial charge in [-0.1, -0.05) is 13.0 Å². The molecular formula is C10H14N2O2. The third-order valence-corrected chi connectivity index (χ3v) is 1.96. The molecule has 1 N–H and O–H groups in total. The van der Waals surface area contributed by atoms with E-state index in [9.17, 15) is 9.59 Å². The van der Waals surface area contributed by atoms with Crippen molar-refractivity contribution in [2.24, 2.45) is 7.05 Å². The number of aromatic nitrogens is 1. The molecule has 1 rings (SSSR count). The maximum absolute atomic E-state index is 11.0. The minimum atomic E-state index is -0.0458. The number of pyridine rings is 1. The van der Waals surface area contributed by atoms with E-state index in [1.54, 1.807) is 26.2 Å². The van der Waals surface area contributed by atoms with Gasteiger partial charge in [0.2, 0.25) is 11.5 Å². The third kappa shape index (κ3) is 2.73. The van der Waals surface area contributed by atoms with E-state index in [2.05, 4.69) is 5.32 Å². The van der Waals surface area contributed by atoms with Gasteiger partial charge in [-0.15, -0.1) is 0 Å². The summed E-state index contributed by atoms with van der Waals surface area (Å²) in [6.07, 6.45) is 2.20. The molecule has 1 aromatic rings. The highest BCUT2D eigenvalue weighted by Gasteiger charge is 1.98. The molecule has 0 aliphatic heterocycles. The Labute approximate surface area is 82.6 Å². The molecule has 0 radical (unpaired) electrons. The van der Waals surface area contributed by atoms with Gasteiger partial charge in [0.1, 0.15) is 0 Å². The van der Waals surface area contributed by atoms with Crippen LogP contribution in [0.3, 0.4) is 0 Å². The van der Waals surface area contributed by atoms with Gasteiger partial charge in [0.25, 0.3) is 0 Å². The summed E-state index contributed by atoms with van der Waals surface area (Å²) in [4.78, 5) is 22.0. The van der Waals surface area contributed by atoms with E-state index in [0.29, 0.717) is 13.0 Å². The lowest BCUT2D eigenvalue weighted by molar-refractivity contribution is -0.120. The SMILES string of the molecule is CCC(=O)NCc1ccc(=O)n(C)c1. The lowest BCUT2D eigenvalue weighted by Gasteiger charge is -2.04. The molecule has 1 aromatic heterocycles. The van der Waals surface area contributed by atoms with Crippen molar-refractivity contribution >= 4 is 5.91 Å². The molecule has 0 fully saturated rings. The van der Waals surface area contributed by atoms with Crippen LogP contribution in [-0.4, -0.2) is 10.5 Å². The summed E-state index contributed by atoms with van der Waals surface area (Å²) in [7, 11) is 1.69. The van der Waals surface area contributed by atoms with Gasteiger partial charge >= 0.3 is 0 Å². The van der Waals surface area contributed by atoms with Crippen LogP contribution in [0.2, 0.25) is 0 Å². The Balaban J connectivity index is 2.64. The van der Waals surface area contributed by atoms with Crippen molar-refractivity contribution in [2.45, 2.75) is 19.9 Å². The van der Waals surface area contributed by atoms with Crippen molar-refractivity contribution in [1.82, 2.24) is 9.88 Å². The van der Waals surface area contributed by atoms with E-state index in [4.69, 9.17) is 0 Å². The van der Waals surface area contributed by atoms with Crippen molar-refractivity contribution in [3.05, 3.63) is 34.2 Å². The number of rotatable bonds is 3. The number of amides is 1. The van der Waals surface area contributed by atoms with Crippen LogP contribution < -0.4 is 10.9 Å². The molecule has 0 spiro atoms. The maximum atomic E-state index is 11.0. The number of nitrogens with one attached hydrogen (secondary N) is 1. The van der Waals surface area contributed by atoms with E-state index >= 15 is 0 Å². The van der Waals surface area contributed by atoms with Crippen LogP contribution >= 0.6 is 0 Å². The average molecular weight is 194 g/mol. The number of hydrogen-bond donors (Lipinski definition) is 1. The zero-order valence-corrected chi connectivity index (χ0v) is 8.41. The molecule has 0 aliphatic rings. The van der Waals surface area contributed by atoms with Crippen molar-refractivity contribution in [2.75, 3.05) is 0 Å². The summed E-state index contributed by atoms with van der Waals surface area (Å²) in [5.74, 6) is 0.0128. The predicted octanol–water partition coefficient (Wildman–Crippen LogP) is 0.411. The number of hydrogen-bond acceptors (Lipinski definition) is 2. The Kier molecular flexibility index (Phi) is 3.45. The molecule has 0 aliphatic carbocycles. The van der Waals surface area contributed by atoms with Crippen molar-refractivity contribution in [1.29, 1.82) is 0 Å². The van der Waals surface area contributed by atoms with Crippen LogP contribution in [0.5, 0.6) is 0 Å². The fourth-order valence-electron chi connectivity index (χ4n) is 1.08. The second-order valence-corrected chi connectivity index (χ2v) is 3.12. The van der Waals surface area contributed by atoms with Gasteiger partial charge in [0.15, 0.2) is 0 Å². The van der Waals surface area contributed by atoms with Gasteiger partial charge < -0.3 is 9.88 Å². The lowest BCUT2D eigenvalue weighted by Crippen LogP contribution is -2.23. The summed E-state index contributed by atoms with van der Waals surface area (Å²) >= 11 is 0. The highest BCUT2D eigenvalue weighted by Crippen LogP contribution is 1.94. The van der Waals surface area contributed by atoms with Crippen molar-refractivity contribution in [3.63, 3.8) is 0 Å². The molecule has 14 heavy (non-hydrogen) atoms. The third-order valence-electron chi connectivity index (χ3n) is 1.96. The number of aryl methyl sites for hydroxylation is 1. The molecule has 1 amide bonds. The Hall–Kier alpha value is -1.58. The van der Waals surface area contributed by atoms with Crippen LogP contribution in [0.1, 0.15) is 18.9 Å². The van der Waals surface area contributed by atoms with Gasteiger partial charge in [-0.2, -0.15) is 0 Å². The Bertz CT molecular complexity index is 382. The quantitative estimate of drug-likeness (QED) is 0.757. The van der Waals surface area contributed by atoms with Gasteiger partial charge in [0.05, 0.1) is 0 Å². The van der Waals surface area contributed by atoms with Crippen LogP contribution in [0.25, 0.3) is 0 Å². The molecule has 1 heterocycles. The molecule has 4 nitrogen and oxygen atoms in total. The van der Waals surface area contributed by atoms with E-state index in [0.717, 1.165) is 5.56 Å². The number of carbonyl (C=O) groups excluding carboxylic acids is 1. The zero-order valence-electron chi connectivity index (χ0n) is 8.41. The van der Waals surface area contributed by atoms with Crippen LogP contribution in [0.4, 0.5) is 0 Å². The minimum Gasteiger partial charge on any atom is -0.352 e. The van der Waals surface area contributed by atoms with E-state index in [-0.39, 0.29) is 11.5 Å². The van der Waals surface area contributed by atoms with Gasteiger partial charge in [-0.25, -0.2) is 0 Å². The molecule has 4 heteroatoms. The largest absolute Gasteiger partial charge is 0.352 e. The molecule has 0 bridgehead atoms. The maximum Gasteiger partial charge on any atom is 0.250 e. The van der Waals surface area contributed by atoms with Crippen LogP contribution in [-0.2, 0) is 18.4 Å². The Morgan fingerprint density at radius 3 is 2.79 bits per heavy atom. The molecule has 0 atom stereocenters. The van der Waals surface area contributed by atoms with E-state index < -0.39 is 0 Å². The second-order valence-electron chi connectivity index (χ2n) is 3.12. The van der Waals surface area contributed by atoms with Gasteiger partial charge in [-0.05, 0) is 5.56 Å². The number of carbonyl (C=O) groups is 1. The highest BCUT2D eigenvalue weighted by atomic mass is 16.1. The summed E-state index contributed by atoms with van der Waals surface area (Å²) in [5.41, 5.74) is 0.879. The normalized spacial score (nSPS) is 9.86. The smallest absolute Gasteiger partial charge is 0.250 e. The van der Waals surface area contributed by atoms with Crippen LogP contribution in [0, 0.1) is 0 Å². The first-order valence-electron chi connectivity index (χ1n) is 4.55. The predicted molar refractivity (Wildman–Crippen MR) is 53.8 cm³/mol. The summed E-state index contributed by atoms with van der Waals surface area (Å²) in [5, 5.41) is 2.74. The molecule has 0 saturated carbocycles. The lowest BCUT2D eigenvalue weighted by atomic mass is 10.3. The fourth-order valence-corrected chi connectivity index (χ4v) is 1.08. The first-order chi connectivity index (χ1) is 6.63. The Morgan fingerprint density at radius 1 is 1.50 bits per heavy atom. The molecule has 76 valence electrons. The van der Waals surface area contributed by atoms with Crippen molar-refractivity contribution in [3.8, 4) is 0 Å². The molecule has 0 saturated heterocycles. The fraction of sp³-hybridized carbons (Fsp3) is 0.400. The van der Waals surface area contributed by atoms with Gasteiger partial charge in [-0.3, -0.25) is 9.59 Å². The molecular weight excluding hydrogens is 180 g/mol. The molecule has 0 unspecified atom stereocenters. The van der Waals surface area contributed by atoms with Crippen molar-refractivity contribution < 1.29 is 4.79 Å². The summed E-state index contributed by atoms with van der Waals surface area (Å²) in [6, 6.07) is 3.21.